The summed E-state index contributed by atoms with van der Waals surface area (Å²) in [6.45, 7) is -0.672. The number of carbonyl (C=O) groups is 2. The lowest BCUT2D eigenvalue weighted by Crippen LogP contribution is -2.72. The van der Waals surface area contributed by atoms with Crippen LogP contribution in [0.2, 0.25) is 0 Å². The van der Waals surface area contributed by atoms with Crippen molar-refractivity contribution in [2.45, 2.75) is 243 Å². The molecule has 0 aromatic heterocycles. The van der Waals surface area contributed by atoms with Crippen LogP contribution in [0.15, 0.2) is 0 Å². The first kappa shape index (κ1) is 67.2. The van der Waals surface area contributed by atoms with Crippen molar-refractivity contribution in [1.82, 2.24) is 10.6 Å². The van der Waals surface area contributed by atoms with Gasteiger partial charge >= 0.3 is 0 Å². The van der Waals surface area contributed by atoms with E-state index in [0.29, 0.717) is 0 Å². The molecule has 2 amide bonds. The van der Waals surface area contributed by atoms with E-state index in [2.05, 4.69) is 10.6 Å². The van der Waals surface area contributed by atoms with Crippen molar-refractivity contribution in [3.8, 4) is 0 Å². The van der Waals surface area contributed by atoms with Gasteiger partial charge in [-0.1, -0.05) is 0 Å². The van der Waals surface area contributed by atoms with E-state index in [9.17, 15) is 107 Å². The number of carbonyl (C=O) groups excluding carboxylic acids is 2. The second kappa shape index (κ2) is 28.7. The topological polar surface area (TPSA) is 563 Å². The van der Waals surface area contributed by atoms with Gasteiger partial charge in [0, 0.05) is 13.8 Å². The van der Waals surface area contributed by atoms with Crippen molar-refractivity contribution >= 4 is 11.8 Å². The molecular formula is C46H78N2O34. The lowest BCUT2D eigenvalue weighted by atomic mass is 9.93. The Morgan fingerprint density at radius 2 is 0.634 bits per heavy atom. The molecule has 0 spiro atoms. The van der Waals surface area contributed by atoms with E-state index < -0.39 is 260 Å². The van der Waals surface area contributed by atoms with E-state index >= 15 is 0 Å². The maximum absolute atomic E-state index is 13.1. The van der Waals surface area contributed by atoms with Gasteiger partial charge in [0.25, 0.3) is 0 Å². The first-order chi connectivity index (χ1) is 38.7. The summed E-state index contributed by atoms with van der Waals surface area (Å²) in [5.74, 6) is -1.80. The summed E-state index contributed by atoms with van der Waals surface area (Å²) in [6.07, 6.45) is -63.3. The molecule has 0 aromatic carbocycles. The van der Waals surface area contributed by atoms with Gasteiger partial charge in [-0.25, -0.2) is 0 Å². The van der Waals surface area contributed by atoms with E-state index in [1.165, 1.54) is 13.8 Å². The van der Waals surface area contributed by atoms with E-state index in [0.717, 1.165) is 13.8 Å². The molecule has 7 rings (SSSR count). The van der Waals surface area contributed by atoms with Crippen LogP contribution in [-0.2, 0) is 71.2 Å². The highest BCUT2D eigenvalue weighted by Crippen LogP contribution is 2.39. The molecule has 7 heterocycles. The third-order valence-corrected chi connectivity index (χ3v) is 15.3. The third kappa shape index (κ3) is 14.1. The Morgan fingerprint density at radius 3 is 1.04 bits per heavy atom. The van der Waals surface area contributed by atoms with Crippen molar-refractivity contribution in [2.24, 2.45) is 0 Å². The fourth-order valence-corrected chi connectivity index (χ4v) is 10.7. The number of amides is 2. The quantitative estimate of drug-likeness (QED) is 0.0571. The predicted octanol–water partition coefficient (Wildman–Crippen LogP) is -13.9. The van der Waals surface area contributed by atoms with Crippen molar-refractivity contribution in [3.05, 3.63) is 0 Å². The minimum Gasteiger partial charge on any atom is -0.394 e. The molecule has 7 fully saturated rings. The molecule has 7 aliphatic rings. The molecule has 35 atom stereocenters. The van der Waals surface area contributed by atoms with Crippen molar-refractivity contribution < 1.29 is 168 Å². The Bertz CT molecular complexity index is 2030. The van der Waals surface area contributed by atoms with Gasteiger partial charge in [-0.15, -0.1) is 0 Å². The summed E-state index contributed by atoms with van der Waals surface area (Å²) < 4.78 is 77.1. The fourth-order valence-electron chi connectivity index (χ4n) is 10.7. The second-order valence-corrected chi connectivity index (χ2v) is 21.0. The Kier molecular flexibility index (Phi) is 23.5. The van der Waals surface area contributed by atoms with Gasteiger partial charge in [-0.3, -0.25) is 9.59 Å². The Hall–Kier alpha value is -2.34. The van der Waals surface area contributed by atoms with Gasteiger partial charge in [0.15, 0.2) is 44.0 Å². The molecule has 21 N–H and O–H groups in total. The molecule has 36 nitrogen and oxygen atoms in total. The highest BCUT2D eigenvalue weighted by molar-refractivity contribution is 5.73. The third-order valence-electron chi connectivity index (χ3n) is 15.3. The summed E-state index contributed by atoms with van der Waals surface area (Å²) in [5.41, 5.74) is 0. The fraction of sp³-hybridized carbons (Fsp3) is 0.957. The first-order valence-corrected chi connectivity index (χ1v) is 26.3. The number of ether oxygens (including phenoxy) is 13. The van der Waals surface area contributed by atoms with E-state index in [-0.39, 0.29) is 0 Å². The van der Waals surface area contributed by atoms with Crippen LogP contribution in [0.25, 0.3) is 0 Å². The van der Waals surface area contributed by atoms with Crippen LogP contribution in [-0.4, -0.2) is 357 Å². The van der Waals surface area contributed by atoms with Crippen LogP contribution in [0.3, 0.4) is 0 Å². The predicted molar refractivity (Wildman–Crippen MR) is 252 cm³/mol. The lowest BCUT2D eigenvalue weighted by molar-refractivity contribution is -0.397. The van der Waals surface area contributed by atoms with E-state index in [1.807, 2.05) is 0 Å². The van der Waals surface area contributed by atoms with Crippen molar-refractivity contribution in [3.63, 3.8) is 0 Å². The Morgan fingerprint density at radius 1 is 0.317 bits per heavy atom. The number of hydrogen-bond acceptors (Lipinski definition) is 34. The maximum Gasteiger partial charge on any atom is 0.217 e. The summed E-state index contributed by atoms with van der Waals surface area (Å²) in [6, 6.07) is -3.69. The molecule has 0 radical (unpaired) electrons. The average Bonchev–Trinajstić information content (AvgIpc) is 3.01. The van der Waals surface area contributed by atoms with Gasteiger partial charge in [-0.2, -0.15) is 0 Å². The zero-order valence-electron chi connectivity index (χ0n) is 44.4. The second-order valence-electron chi connectivity index (χ2n) is 21.0. The molecule has 7 aliphatic heterocycles. The molecular weight excluding hydrogens is 1120 g/mol. The van der Waals surface area contributed by atoms with Gasteiger partial charge in [0.05, 0.1) is 45.2 Å². The summed E-state index contributed by atoms with van der Waals surface area (Å²) in [4.78, 5) is 26.2. The van der Waals surface area contributed by atoms with Crippen LogP contribution < -0.4 is 10.6 Å². The highest BCUT2D eigenvalue weighted by atomic mass is 16.8. The highest BCUT2D eigenvalue weighted by Gasteiger charge is 2.60. The molecule has 0 saturated carbocycles. The van der Waals surface area contributed by atoms with E-state index in [1.54, 1.807) is 0 Å². The van der Waals surface area contributed by atoms with Gasteiger partial charge < -0.3 is 169 Å². The van der Waals surface area contributed by atoms with E-state index in [4.69, 9.17) is 61.6 Å². The van der Waals surface area contributed by atoms with Crippen LogP contribution in [0.4, 0.5) is 0 Å². The monoisotopic (exact) mass is 1200 g/mol. The van der Waals surface area contributed by atoms with Crippen molar-refractivity contribution in [1.29, 1.82) is 0 Å². The normalized spacial score (nSPS) is 51.3. The average molecular weight is 1200 g/mol. The summed E-state index contributed by atoms with van der Waals surface area (Å²) >= 11 is 0. The Labute approximate surface area is 465 Å². The molecule has 0 unspecified atom stereocenters. The summed E-state index contributed by atoms with van der Waals surface area (Å²) in [5, 5.41) is 210. The molecule has 0 aliphatic carbocycles. The lowest BCUT2D eigenvalue weighted by Gasteiger charge is -2.52. The van der Waals surface area contributed by atoms with Crippen LogP contribution in [0, 0.1) is 0 Å². The zero-order chi connectivity index (χ0) is 60.5. The molecule has 0 bridgehead atoms. The first-order valence-electron chi connectivity index (χ1n) is 26.3. The Balaban J connectivity index is 1.25. The SMILES string of the molecule is CC(=O)N[C@H]1[C@H](O[C@H]2[C@@H](O)[C@@H](CO)O[C@@H](O[C@H]3[C@H](O[C@@H]4O[C@@H](C)[C@@H](O)[C@@H](O)[C@@H]4O)[C@@H](NC(C)=O)[C@H](O[C@H]4[C@H](O)[C@@H](O)[C@H](O)O[C@@H]4CO)O[C@@H]3CO)[C@@H]2O)O[C@H](CO)[C@@H](O[C@@H]2O[C@H](CO)[C@H](O)[C@H](O)[C@H]2O)[C@@H]1O[C@@H]1O[C@@H](C)[C@@H](O)[C@@H](O)[C@@H]1O. The van der Waals surface area contributed by atoms with Crippen LogP contribution in [0.5, 0.6) is 0 Å². The zero-order valence-corrected chi connectivity index (χ0v) is 44.4. The molecule has 7 saturated heterocycles. The largest absolute Gasteiger partial charge is 0.394 e. The molecule has 36 heteroatoms. The van der Waals surface area contributed by atoms with Gasteiger partial charge in [-0.05, 0) is 13.8 Å². The van der Waals surface area contributed by atoms with Crippen LogP contribution >= 0.6 is 0 Å². The van der Waals surface area contributed by atoms with Gasteiger partial charge in [0.2, 0.25) is 11.8 Å². The standard InChI is InChI=1S/C46H78N2O34/c1-10-21(56)25(60)30(65)43(70-10)80-37-19(47-12(3)54)41(77-34-16(7-51)72-40(69)29(64)28(34)63)75-18(9-53)36(37)79-46-33(68)39(24(59)15(6-50)74-46)82-42-20(48-13(4)55)38(81-44-31(66)26(61)22(57)11(2)71-44)35(17(8-52)76-42)78-45-32(67)27(62)23(58)14(5-49)73-45/h10-11,14-46,49-53,56-69H,5-9H2,1-4H3,(H,47,54)(H,48,55)/t10-,11-,14+,15+,16+,17+,18+,19+,20+,21+,22+,23-,24-,25+,26+,27-,28+,29+,30-,31-,32+,33+,34+,35+,36+,37+,38+,39-,40+,41-,42-,43-,44-,45-,46-/m0/s1. The summed E-state index contributed by atoms with van der Waals surface area (Å²) in [7, 11) is 0. The molecule has 82 heavy (non-hydrogen) atoms. The molecule has 476 valence electrons. The number of hydrogen-bond donors (Lipinski definition) is 21. The molecule has 0 aromatic rings. The number of rotatable bonds is 19. The number of nitrogens with one attached hydrogen (secondary N) is 2. The van der Waals surface area contributed by atoms with Gasteiger partial charge in [0.1, 0.15) is 159 Å². The number of aliphatic hydroxyl groups is 19. The number of aliphatic hydroxyl groups excluding tert-OH is 19. The maximum atomic E-state index is 13.1. The smallest absolute Gasteiger partial charge is 0.217 e. The minimum absolute atomic E-state index is 0.884. The van der Waals surface area contributed by atoms with Crippen molar-refractivity contribution in [2.75, 3.05) is 33.0 Å². The van der Waals surface area contributed by atoms with Crippen LogP contribution in [0.1, 0.15) is 27.7 Å². The minimum atomic E-state index is -2.36.